The van der Waals surface area contributed by atoms with E-state index in [0.717, 1.165) is 38.0 Å². The zero-order valence-electron chi connectivity index (χ0n) is 31.3. The molecule has 7 rings (SSSR count). The molecule has 1 aliphatic carbocycles. The van der Waals surface area contributed by atoms with Crippen LogP contribution in [0.4, 0.5) is 35.5 Å². The number of urea groups is 1. The van der Waals surface area contributed by atoms with Crippen LogP contribution in [0.25, 0.3) is 0 Å². The van der Waals surface area contributed by atoms with Gasteiger partial charge in [-0.1, -0.05) is 12.1 Å². The van der Waals surface area contributed by atoms with Crippen LogP contribution in [0.15, 0.2) is 42.5 Å². The lowest BCUT2D eigenvalue weighted by atomic mass is 10.1. The molecule has 0 radical (unpaired) electrons. The van der Waals surface area contributed by atoms with E-state index in [1.54, 1.807) is 23.1 Å². The quantitative estimate of drug-likeness (QED) is 0.222. The number of alkyl halides is 3. The number of rotatable bonds is 8. The summed E-state index contributed by atoms with van der Waals surface area (Å²) in [5.41, 5.74) is 1.64. The van der Waals surface area contributed by atoms with Crippen LogP contribution in [-0.2, 0) is 6.54 Å². The van der Waals surface area contributed by atoms with Crippen LogP contribution in [0.2, 0.25) is 0 Å². The number of fused-ring (bicyclic) bond motifs is 11. The Morgan fingerprint density at radius 3 is 2.33 bits per heavy atom. The van der Waals surface area contributed by atoms with E-state index in [9.17, 15) is 22.8 Å². The predicted octanol–water partition coefficient (Wildman–Crippen LogP) is 5.75. The van der Waals surface area contributed by atoms with Crippen molar-refractivity contribution in [3.8, 4) is 17.5 Å². The summed E-state index contributed by atoms with van der Waals surface area (Å²) in [6, 6.07) is 11.4. The number of carbonyl (C=O) groups excluding carboxylic acids is 2. The fraction of sp³-hybridized carbons (Fsp3) is 0.553. The highest BCUT2D eigenvalue weighted by atomic mass is 19.4. The molecular formula is C38H50F3N9O5. The van der Waals surface area contributed by atoms with E-state index in [4.69, 9.17) is 14.2 Å². The maximum Gasteiger partial charge on any atom is 0.422 e. The molecule has 298 valence electrons. The van der Waals surface area contributed by atoms with Gasteiger partial charge in [0.1, 0.15) is 11.5 Å². The van der Waals surface area contributed by atoms with Gasteiger partial charge in [-0.05, 0) is 95.3 Å². The molecule has 2 fully saturated rings. The Kier molecular flexibility index (Phi) is 13.0. The molecular weight excluding hydrogens is 719 g/mol. The number of nitrogens with zero attached hydrogens (tertiary/aromatic N) is 5. The lowest BCUT2D eigenvalue weighted by molar-refractivity contribution is -0.154. The van der Waals surface area contributed by atoms with Crippen LogP contribution < -0.4 is 35.5 Å². The molecule has 55 heavy (non-hydrogen) atoms. The number of hydrogen-bond donors (Lipinski definition) is 4. The molecule has 4 heterocycles. The first kappa shape index (κ1) is 39.6. The average molecular weight is 770 g/mol. The van der Waals surface area contributed by atoms with E-state index in [1.165, 1.54) is 12.8 Å². The molecule has 1 saturated heterocycles. The van der Waals surface area contributed by atoms with Crippen LogP contribution >= 0.6 is 0 Å². The van der Waals surface area contributed by atoms with Gasteiger partial charge in [0.15, 0.2) is 6.61 Å². The Balaban J connectivity index is 1.25. The largest absolute Gasteiger partial charge is 0.494 e. The number of nitrogens with one attached hydrogen (secondary N) is 4. The molecule has 1 saturated carbocycles. The number of amides is 3. The fourth-order valence-electron chi connectivity index (χ4n) is 6.50. The topological polar surface area (TPSA) is 155 Å². The van der Waals surface area contributed by atoms with Crippen molar-refractivity contribution in [3.05, 3.63) is 53.6 Å². The van der Waals surface area contributed by atoms with E-state index < -0.39 is 18.8 Å². The molecule has 3 aliphatic heterocycles. The van der Waals surface area contributed by atoms with E-state index in [1.807, 2.05) is 38.1 Å². The molecule has 3 aromatic rings. The molecule has 0 unspecified atom stereocenters. The van der Waals surface area contributed by atoms with Crippen molar-refractivity contribution in [1.82, 2.24) is 35.4 Å². The molecule has 0 spiro atoms. The van der Waals surface area contributed by atoms with Crippen LogP contribution in [0.5, 0.6) is 17.5 Å². The monoisotopic (exact) mass is 769 g/mol. The number of halogens is 3. The molecule has 3 amide bonds. The Hall–Kier alpha value is -5.06. The van der Waals surface area contributed by atoms with Crippen molar-refractivity contribution in [3.63, 3.8) is 0 Å². The third-order valence-electron chi connectivity index (χ3n) is 9.55. The van der Waals surface area contributed by atoms with Crippen molar-refractivity contribution < 1.29 is 37.0 Å². The molecule has 4 aliphatic rings. The van der Waals surface area contributed by atoms with Gasteiger partial charge in [-0.2, -0.15) is 28.1 Å². The van der Waals surface area contributed by atoms with Gasteiger partial charge in [-0.25, -0.2) is 4.79 Å². The highest BCUT2D eigenvalue weighted by Crippen LogP contribution is 2.46. The highest BCUT2D eigenvalue weighted by Gasteiger charge is 2.44. The molecule has 6 bridgehead atoms. The van der Waals surface area contributed by atoms with Gasteiger partial charge in [0.25, 0.3) is 5.91 Å². The second-order valence-electron chi connectivity index (χ2n) is 14.7. The summed E-state index contributed by atoms with van der Waals surface area (Å²) in [4.78, 5) is 43.5. The summed E-state index contributed by atoms with van der Waals surface area (Å²) in [6.07, 6.45) is 0.983. The minimum absolute atomic E-state index is 0.0152. The summed E-state index contributed by atoms with van der Waals surface area (Å²) in [7, 11) is 0. The number of benzene rings is 2. The zero-order chi connectivity index (χ0) is 38.8. The lowest BCUT2D eigenvalue weighted by Gasteiger charge is -2.25. The Morgan fingerprint density at radius 2 is 1.64 bits per heavy atom. The standard InChI is InChI=1S/C38H50F3N9O5/c1-26(2)44-36(52)50-17-5-19-53-29-10-7-27(8-11-29)22-42-33-46-34(48-35(47-33)55-25-38(39,40)41)45-28-9-12-30(31(21-28)54-20-6-18-50)32(51)43-23-37(13-14-37)24-49-15-3-4-16-49/h7-12,21,26H,3-6,13-20,22-25H2,1-2H3,(H,43,51)(H,44,52)(H2,42,45,46,47,48). The van der Waals surface area contributed by atoms with Crippen LogP contribution in [0, 0.1) is 5.41 Å². The van der Waals surface area contributed by atoms with Gasteiger partial charge in [-0.15, -0.1) is 0 Å². The Bertz CT molecular complexity index is 1750. The van der Waals surface area contributed by atoms with Crippen LogP contribution in [0.1, 0.15) is 68.3 Å². The second-order valence-corrected chi connectivity index (χ2v) is 14.7. The smallest absolute Gasteiger partial charge is 0.422 e. The molecule has 2 aromatic carbocycles. The van der Waals surface area contributed by atoms with Crippen molar-refractivity contribution in [2.24, 2.45) is 5.41 Å². The van der Waals surface area contributed by atoms with Gasteiger partial charge >= 0.3 is 18.2 Å². The van der Waals surface area contributed by atoms with Crippen LogP contribution in [0.3, 0.4) is 0 Å². The SMILES string of the molecule is CC(C)NC(=O)N1CCCOc2ccc(cc2)CNc2nc(nc(OCC(F)(F)F)n2)Nc2ccc(C(=O)NCC3(CN4CCCC4)CC3)c(c2)OCCC1. The number of hydrogen-bond acceptors (Lipinski definition) is 11. The van der Waals surface area contributed by atoms with E-state index >= 15 is 0 Å². The van der Waals surface area contributed by atoms with Gasteiger partial charge in [0, 0.05) is 55.9 Å². The molecule has 1 aromatic heterocycles. The number of anilines is 3. The van der Waals surface area contributed by atoms with E-state index in [-0.39, 0.29) is 54.2 Å². The maximum atomic E-state index is 13.7. The Morgan fingerprint density at radius 1 is 0.927 bits per heavy atom. The summed E-state index contributed by atoms with van der Waals surface area (Å²) in [6.45, 7) is 7.59. The first-order valence-electron chi connectivity index (χ1n) is 18.9. The maximum absolute atomic E-state index is 13.7. The van der Waals surface area contributed by atoms with Crippen LogP contribution in [-0.4, -0.2) is 108 Å². The Labute approximate surface area is 318 Å². The first-order valence-corrected chi connectivity index (χ1v) is 18.9. The minimum atomic E-state index is -4.61. The van der Waals surface area contributed by atoms with Gasteiger partial charge < -0.3 is 45.3 Å². The summed E-state index contributed by atoms with van der Waals surface area (Å²) >= 11 is 0. The summed E-state index contributed by atoms with van der Waals surface area (Å²) < 4.78 is 56.2. The van der Waals surface area contributed by atoms with E-state index in [0.29, 0.717) is 56.1 Å². The third-order valence-corrected chi connectivity index (χ3v) is 9.55. The van der Waals surface area contributed by atoms with Crippen molar-refractivity contribution in [2.45, 2.75) is 71.1 Å². The first-order chi connectivity index (χ1) is 26.4. The third kappa shape index (κ3) is 12.2. The zero-order valence-corrected chi connectivity index (χ0v) is 31.3. The van der Waals surface area contributed by atoms with Gasteiger partial charge in [-0.3, -0.25) is 4.79 Å². The molecule has 0 atom stereocenters. The number of likely N-dealkylation sites (tertiary alicyclic amines) is 1. The second kappa shape index (κ2) is 18.0. The predicted molar refractivity (Wildman–Crippen MR) is 200 cm³/mol. The molecule has 17 heteroatoms. The molecule has 14 nitrogen and oxygen atoms in total. The lowest BCUT2D eigenvalue weighted by Crippen LogP contribution is -2.44. The van der Waals surface area contributed by atoms with Crippen molar-refractivity contribution in [2.75, 3.05) is 69.7 Å². The highest BCUT2D eigenvalue weighted by molar-refractivity contribution is 5.97. The summed E-state index contributed by atoms with van der Waals surface area (Å²) in [5, 5.41) is 12.1. The summed E-state index contributed by atoms with van der Waals surface area (Å²) in [5.74, 6) is 0.541. The minimum Gasteiger partial charge on any atom is -0.494 e. The van der Waals surface area contributed by atoms with Crippen molar-refractivity contribution >= 4 is 29.5 Å². The normalized spacial score (nSPS) is 17.7. The number of carbonyl (C=O) groups is 2. The average Bonchev–Trinajstić information content (AvgIpc) is 3.72. The molecule has 4 N–H and O–H groups in total. The van der Waals surface area contributed by atoms with Gasteiger partial charge in [0.2, 0.25) is 11.9 Å². The van der Waals surface area contributed by atoms with E-state index in [2.05, 4.69) is 41.1 Å². The fourth-order valence-corrected chi connectivity index (χ4v) is 6.50. The number of ether oxygens (including phenoxy) is 3. The van der Waals surface area contributed by atoms with Crippen molar-refractivity contribution in [1.29, 1.82) is 0 Å². The van der Waals surface area contributed by atoms with Gasteiger partial charge in [0.05, 0.1) is 18.8 Å². The number of aromatic nitrogens is 3.